The van der Waals surface area contributed by atoms with E-state index in [2.05, 4.69) is 0 Å². The van der Waals surface area contributed by atoms with Gasteiger partial charge in [-0.05, 0) is 23.8 Å². The summed E-state index contributed by atoms with van der Waals surface area (Å²) in [6, 6.07) is 9.04. The molecule has 1 aromatic heterocycles. The van der Waals surface area contributed by atoms with Crippen molar-refractivity contribution in [2.45, 2.75) is 0 Å². The summed E-state index contributed by atoms with van der Waals surface area (Å²) in [5.41, 5.74) is 0.556. The Morgan fingerprint density at radius 2 is 2.05 bits per heavy atom. The van der Waals surface area contributed by atoms with Gasteiger partial charge in [0.05, 0.1) is 11.6 Å². The Bertz CT molecular complexity index is 883. The summed E-state index contributed by atoms with van der Waals surface area (Å²) in [5, 5.41) is 8.90. The van der Waals surface area contributed by atoms with E-state index in [0.29, 0.717) is 15.5 Å². The largest absolute Gasteiger partial charge is 0.497 e. The highest BCUT2D eigenvalue weighted by atomic mass is 32.1. The Hall–Kier alpha value is -2.65. The molecule has 2 aromatic rings. The molecule has 6 heteroatoms. The van der Waals surface area contributed by atoms with Crippen LogP contribution in [-0.2, 0) is 11.8 Å². The van der Waals surface area contributed by atoms with Gasteiger partial charge in [0.1, 0.15) is 22.1 Å². The van der Waals surface area contributed by atoms with E-state index < -0.39 is 0 Å². The van der Waals surface area contributed by atoms with Crippen molar-refractivity contribution in [3.8, 4) is 11.8 Å². The topological polar surface area (TPSA) is 72.1 Å². The van der Waals surface area contributed by atoms with Gasteiger partial charge in [0.2, 0.25) is 0 Å². The van der Waals surface area contributed by atoms with Crippen molar-refractivity contribution in [1.29, 1.82) is 5.26 Å². The normalized spacial score (nSPS) is 12.7. The lowest BCUT2D eigenvalue weighted by molar-refractivity contribution is -0.103. The van der Waals surface area contributed by atoms with Gasteiger partial charge in [-0.2, -0.15) is 5.26 Å². The molecule has 5 nitrogen and oxygen atoms in total. The molecular weight excluding hydrogens is 288 g/mol. The minimum atomic E-state index is -0.236. The van der Waals surface area contributed by atoms with E-state index in [4.69, 9.17) is 10.00 Å². The molecule has 0 aliphatic carbocycles. The first-order chi connectivity index (χ1) is 10.1. The summed E-state index contributed by atoms with van der Waals surface area (Å²) in [5.74, 6) is 0.730. The Morgan fingerprint density at radius 1 is 1.38 bits per heavy atom. The molecule has 0 aliphatic rings. The predicted molar refractivity (Wildman–Crippen MR) is 80.5 cm³/mol. The SMILES string of the molecule is COc1ccc(C=c2sc(=C(C#N)C=O)n(C)c2=O)cc1. The lowest BCUT2D eigenvalue weighted by Gasteiger charge is -1.98. The number of nitrogens with zero attached hydrogens (tertiary/aromatic N) is 2. The molecule has 0 aliphatic heterocycles. The van der Waals surface area contributed by atoms with Crippen LogP contribution in [0.4, 0.5) is 0 Å². The van der Waals surface area contributed by atoms with Gasteiger partial charge in [0.15, 0.2) is 6.29 Å². The number of nitriles is 1. The highest BCUT2D eigenvalue weighted by Crippen LogP contribution is 2.11. The maximum Gasteiger partial charge on any atom is 0.268 e. The second-order valence-corrected chi connectivity index (χ2v) is 5.23. The molecule has 0 saturated heterocycles. The molecule has 0 radical (unpaired) electrons. The minimum absolute atomic E-state index is 0.0472. The number of aromatic nitrogens is 1. The lowest BCUT2D eigenvalue weighted by atomic mass is 10.2. The summed E-state index contributed by atoms with van der Waals surface area (Å²) in [4.78, 5) is 23.0. The van der Waals surface area contributed by atoms with Crippen molar-refractivity contribution in [2.24, 2.45) is 7.05 Å². The van der Waals surface area contributed by atoms with Crippen molar-refractivity contribution in [2.75, 3.05) is 7.11 Å². The van der Waals surface area contributed by atoms with Crippen LogP contribution in [-0.4, -0.2) is 18.0 Å². The lowest BCUT2D eigenvalue weighted by Crippen LogP contribution is -2.29. The number of hydrogen-bond acceptors (Lipinski definition) is 5. The fourth-order valence-electron chi connectivity index (χ4n) is 1.78. The molecule has 0 spiro atoms. The molecular formula is C15H12N2O3S. The minimum Gasteiger partial charge on any atom is -0.497 e. The molecule has 0 atom stereocenters. The molecule has 2 rings (SSSR count). The molecule has 0 bridgehead atoms. The first kappa shape index (κ1) is 14.8. The highest BCUT2D eigenvalue weighted by Gasteiger charge is 2.05. The Morgan fingerprint density at radius 3 is 2.57 bits per heavy atom. The van der Waals surface area contributed by atoms with Gasteiger partial charge in [-0.3, -0.25) is 9.59 Å². The number of ether oxygens (including phenoxy) is 1. The average molecular weight is 300 g/mol. The van der Waals surface area contributed by atoms with Crippen molar-refractivity contribution < 1.29 is 9.53 Å². The van der Waals surface area contributed by atoms with Crippen LogP contribution < -0.4 is 19.5 Å². The van der Waals surface area contributed by atoms with Gasteiger partial charge in [-0.25, -0.2) is 0 Å². The summed E-state index contributed by atoms with van der Waals surface area (Å²) in [7, 11) is 3.12. The summed E-state index contributed by atoms with van der Waals surface area (Å²) < 4.78 is 7.21. The zero-order chi connectivity index (χ0) is 15.4. The quantitative estimate of drug-likeness (QED) is 0.757. The number of benzene rings is 1. The molecule has 21 heavy (non-hydrogen) atoms. The van der Waals surface area contributed by atoms with E-state index in [0.717, 1.165) is 22.6 Å². The average Bonchev–Trinajstić information content (AvgIpc) is 2.78. The van der Waals surface area contributed by atoms with Crippen LogP contribution in [0.2, 0.25) is 0 Å². The van der Waals surface area contributed by atoms with Gasteiger partial charge in [-0.15, -0.1) is 11.3 Å². The zero-order valence-corrected chi connectivity index (χ0v) is 12.3. The molecule has 0 N–H and O–H groups in total. The first-order valence-corrected chi connectivity index (χ1v) is 6.83. The van der Waals surface area contributed by atoms with Gasteiger partial charge in [0, 0.05) is 7.05 Å². The van der Waals surface area contributed by atoms with Gasteiger partial charge >= 0.3 is 0 Å². The molecule has 1 aromatic carbocycles. The predicted octanol–water partition coefficient (Wildman–Crippen LogP) is 0.157. The van der Waals surface area contributed by atoms with Crippen LogP contribution in [0.3, 0.4) is 0 Å². The number of hydrogen-bond donors (Lipinski definition) is 0. The van der Waals surface area contributed by atoms with Gasteiger partial charge < -0.3 is 9.30 Å². The smallest absolute Gasteiger partial charge is 0.268 e. The number of methoxy groups -OCH3 is 1. The zero-order valence-electron chi connectivity index (χ0n) is 11.5. The Kier molecular flexibility index (Phi) is 4.36. The summed E-state index contributed by atoms with van der Waals surface area (Å²) in [6.45, 7) is 0. The number of carbonyl (C=O) groups excluding carboxylic acids is 1. The third-order valence-electron chi connectivity index (χ3n) is 2.91. The second-order valence-electron chi connectivity index (χ2n) is 4.20. The maximum atomic E-state index is 12.1. The van der Waals surface area contributed by atoms with Crippen LogP contribution in [0.15, 0.2) is 29.1 Å². The van der Waals surface area contributed by atoms with E-state index in [1.165, 1.54) is 4.57 Å². The molecule has 106 valence electrons. The number of rotatable bonds is 3. The Balaban J connectivity index is 2.65. The van der Waals surface area contributed by atoms with E-state index in [1.54, 1.807) is 38.4 Å². The standard InChI is InChI=1S/C15H12N2O3S/c1-17-14(19)13(21-15(17)11(8-16)9-18)7-10-3-5-12(20-2)6-4-10/h3-7,9H,1-2H3. The third-order valence-corrected chi connectivity index (χ3v) is 4.11. The molecule has 0 unspecified atom stereocenters. The maximum absolute atomic E-state index is 12.1. The number of carbonyl (C=O) groups is 1. The van der Waals surface area contributed by atoms with Crippen molar-refractivity contribution in [3.63, 3.8) is 0 Å². The van der Waals surface area contributed by atoms with Gasteiger partial charge in [-0.1, -0.05) is 12.1 Å². The Labute approximate surface area is 124 Å². The second kappa shape index (κ2) is 6.20. The van der Waals surface area contributed by atoms with Crippen LogP contribution in [0.25, 0.3) is 11.6 Å². The van der Waals surface area contributed by atoms with Crippen LogP contribution >= 0.6 is 11.3 Å². The van der Waals surface area contributed by atoms with E-state index in [-0.39, 0.29) is 11.1 Å². The first-order valence-electron chi connectivity index (χ1n) is 6.02. The van der Waals surface area contributed by atoms with Crippen LogP contribution in [0.1, 0.15) is 5.56 Å². The molecule has 0 saturated carbocycles. The third kappa shape index (κ3) is 2.93. The molecule has 0 amide bonds. The summed E-state index contributed by atoms with van der Waals surface area (Å²) >= 11 is 1.12. The molecule has 1 heterocycles. The number of aldehydes is 1. The van der Waals surface area contributed by atoms with Crippen LogP contribution in [0.5, 0.6) is 5.75 Å². The van der Waals surface area contributed by atoms with Crippen molar-refractivity contribution in [3.05, 3.63) is 49.4 Å². The van der Waals surface area contributed by atoms with Crippen molar-refractivity contribution >= 4 is 29.3 Å². The van der Waals surface area contributed by atoms with E-state index >= 15 is 0 Å². The fourth-order valence-corrected chi connectivity index (χ4v) is 2.83. The molecule has 0 fully saturated rings. The van der Waals surface area contributed by atoms with Gasteiger partial charge in [0.25, 0.3) is 5.56 Å². The monoisotopic (exact) mass is 300 g/mol. The van der Waals surface area contributed by atoms with Crippen molar-refractivity contribution in [1.82, 2.24) is 4.57 Å². The van der Waals surface area contributed by atoms with Crippen LogP contribution in [0, 0.1) is 11.3 Å². The number of thiazole rings is 1. The highest BCUT2D eigenvalue weighted by molar-refractivity contribution is 7.07. The fraction of sp³-hybridized carbons (Fsp3) is 0.133. The van der Waals surface area contributed by atoms with E-state index in [1.807, 2.05) is 12.1 Å². The van der Waals surface area contributed by atoms with E-state index in [9.17, 15) is 9.59 Å². The summed E-state index contributed by atoms with van der Waals surface area (Å²) in [6.07, 6.45) is 2.18.